The smallest absolute Gasteiger partial charge is 0.382 e. The van der Waals surface area contributed by atoms with Gasteiger partial charge in [0.1, 0.15) is 17.1 Å². The molecule has 5 aliphatic rings. The zero-order chi connectivity index (χ0) is 26.3. The molecule has 2 N–H and O–H groups in total. The number of pyridine rings is 1. The van der Waals surface area contributed by atoms with Crippen molar-refractivity contribution in [2.24, 2.45) is 16.7 Å². The topological polar surface area (TPSA) is 98.2 Å². The molecule has 5 fully saturated rings. The number of aliphatic hydroxyl groups is 1. The van der Waals surface area contributed by atoms with E-state index >= 15 is 0 Å². The number of amides is 2. The summed E-state index contributed by atoms with van der Waals surface area (Å²) >= 11 is 0. The highest BCUT2D eigenvalue weighted by molar-refractivity contribution is 5.76. The fourth-order valence-corrected chi connectivity index (χ4v) is 7.31. The summed E-state index contributed by atoms with van der Waals surface area (Å²) < 4.78 is 38.2. The van der Waals surface area contributed by atoms with Gasteiger partial charge in [0.05, 0.1) is 0 Å². The average molecular weight is 531 g/mol. The van der Waals surface area contributed by atoms with E-state index in [1.807, 2.05) is 9.80 Å². The van der Waals surface area contributed by atoms with Gasteiger partial charge in [-0.1, -0.05) is 6.07 Å². The molecule has 2 aliphatic heterocycles. The zero-order valence-electron chi connectivity index (χ0n) is 21.3. The molecule has 38 heavy (non-hydrogen) atoms. The summed E-state index contributed by atoms with van der Waals surface area (Å²) in [5.74, 6) is 2.25. The molecule has 7 rings (SSSR count). The highest BCUT2D eigenvalue weighted by atomic mass is 19.4. The Morgan fingerprint density at radius 2 is 1.66 bits per heavy atom. The normalized spacial score (nSPS) is 25.7. The molecular formula is C27H33F3N6O2. The summed E-state index contributed by atoms with van der Waals surface area (Å²) in [4.78, 5) is 23.8. The van der Waals surface area contributed by atoms with Gasteiger partial charge in [0.2, 0.25) is 0 Å². The van der Waals surface area contributed by atoms with Crippen molar-refractivity contribution >= 4 is 6.03 Å². The SMILES string of the molecule is O=C(N1CC2(CCC(Cc3ccc(C(F)(F)F)nc3)CC2)C1)N1CC2(CC(c3nnc(C4(O)CC4)[nH]3)C2)C1. The summed E-state index contributed by atoms with van der Waals surface area (Å²) in [6, 6.07) is 2.78. The number of urea groups is 1. The Balaban J connectivity index is 0.839. The van der Waals surface area contributed by atoms with Gasteiger partial charge >= 0.3 is 12.2 Å². The lowest BCUT2D eigenvalue weighted by atomic mass is 9.57. The third-order valence-corrected chi connectivity index (χ3v) is 9.87. The second kappa shape index (κ2) is 8.16. The summed E-state index contributed by atoms with van der Waals surface area (Å²) in [5, 5.41) is 18.6. The quantitative estimate of drug-likeness (QED) is 0.617. The molecule has 0 aromatic carbocycles. The number of likely N-dealkylation sites (tertiary alicyclic amines) is 2. The van der Waals surface area contributed by atoms with Gasteiger partial charge in [0, 0.05) is 49.1 Å². The van der Waals surface area contributed by atoms with Crippen LogP contribution < -0.4 is 0 Å². The van der Waals surface area contributed by atoms with Crippen LogP contribution in [0.2, 0.25) is 0 Å². The molecule has 204 valence electrons. The third kappa shape index (κ3) is 4.17. The maximum atomic E-state index is 13.0. The van der Waals surface area contributed by atoms with Gasteiger partial charge < -0.3 is 19.9 Å². The van der Waals surface area contributed by atoms with Crippen molar-refractivity contribution in [3.8, 4) is 0 Å². The first-order valence-electron chi connectivity index (χ1n) is 13.8. The van der Waals surface area contributed by atoms with Gasteiger partial charge in [0.15, 0.2) is 5.82 Å². The monoisotopic (exact) mass is 530 g/mol. The number of carbonyl (C=O) groups excluding carboxylic acids is 1. The van der Waals surface area contributed by atoms with Crippen molar-refractivity contribution in [2.45, 2.75) is 75.5 Å². The van der Waals surface area contributed by atoms with Gasteiger partial charge in [-0.25, -0.2) is 4.79 Å². The first-order valence-corrected chi connectivity index (χ1v) is 13.8. The van der Waals surface area contributed by atoms with Crippen LogP contribution in [-0.4, -0.2) is 67.3 Å². The van der Waals surface area contributed by atoms with Crippen molar-refractivity contribution in [3.05, 3.63) is 41.2 Å². The minimum atomic E-state index is -4.40. The molecule has 0 bridgehead atoms. The standard InChI is InChI=1S/C27H33F3N6O2/c28-27(29,30)20-2-1-18(12-31-20)9-17-3-5-24(6-4-17)13-35(14-24)23(37)36-15-25(16-36)10-19(11-25)21-32-22(34-33-21)26(38)7-8-26/h1-2,12,17,19,38H,3-11,13-16H2,(H,32,33,34). The highest BCUT2D eigenvalue weighted by Crippen LogP contribution is 2.56. The van der Waals surface area contributed by atoms with E-state index in [1.165, 1.54) is 6.20 Å². The number of rotatable bonds is 4. The lowest BCUT2D eigenvalue weighted by Gasteiger charge is -2.61. The Kier molecular flexibility index (Phi) is 5.23. The summed E-state index contributed by atoms with van der Waals surface area (Å²) in [7, 11) is 0. The van der Waals surface area contributed by atoms with Gasteiger partial charge in [-0.05, 0) is 75.3 Å². The predicted molar refractivity (Wildman–Crippen MR) is 130 cm³/mol. The number of nitrogens with one attached hydrogen (secondary N) is 1. The molecule has 8 nitrogen and oxygen atoms in total. The van der Waals surface area contributed by atoms with Gasteiger partial charge in [-0.2, -0.15) is 13.2 Å². The van der Waals surface area contributed by atoms with E-state index in [9.17, 15) is 23.1 Å². The van der Waals surface area contributed by atoms with Crippen LogP contribution in [0.15, 0.2) is 18.3 Å². The van der Waals surface area contributed by atoms with Crippen molar-refractivity contribution in [2.75, 3.05) is 26.2 Å². The Hall–Kier alpha value is -2.69. The molecule has 3 saturated carbocycles. The largest absolute Gasteiger partial charge is 0.433 e. The molecule has 4 heterocycles. The Labute approximate surface area is 219 Å². The van der Waals surface area contributed by atoms with E-state index in [1.54, 1.807) is 6.07 Å². The Morgan fingerprint density at radius 1 is 1.00 bits per heavy atom. The van der Waals surface area contributed by atoms with Crippen LogP contribution in [0.3, 0.4) is 0 Å². The summed E-state index contributed by atoms with van der Waals surface area (Å²) in [6.45, 7) is 3.24. The first-order chi connectivity index (χ1) is 18.0. The molecule has 2 saturated heterocycles. The van der Waals surface area contributed by atoms with Gasteiger partial charge in [0.25, 0.3) is 0 Å². The number of hydrogen-bond acceptors (Lipinski definition) is 5. The minimum absolute atomic E-state index is 0.153. The number of carbonyl (C=O) groups is 1. The van der Waals surface area contributed by atoms with Crippen LogP contribution in [0.4, 0.5) is 18.0 Å². The third-order valence-electron chi connectivity index (χ3n) is 9.87. The number of hydrogen-bond donors (Lipinski definition) is 2. The maximum absolute atomic E-state index is 13.0. The maximum Gasteiger partial charge on any atom is 0.433 e. The van der Waals surface area contributed by atoms with E-state index in [0.29, 0.717) is 17.7 Å². The zero-order valence-corrected chi connectivity index (χ0v) is 21.3. The number of aromatic amines is 1. The molecule has 0 atom stereocenters. The number of H-pyrrole nitrogens is 1. The lowest BCUT2D eigenvalue weighted by molar-refractivity contribution is -0.141. The van der Waals surface area contributed by atoms with Crippen molar-refractivity contribution in [1.82, 2.24) is 30.0 Å². The molecule has 2 spiro atoms. The van der Waals surface area contributed by atoms with Gasteiger partial charge in [-0.3, -0.25) is 4.98 Å². The Morgan fingerprint density at radius 3 is 2.24 bits per heavy atom. The van der Waals surface area contributed by atoms with Crippen LogP contribution in [-0.2, 0) is 18.2 Å². The molecule has 11 heteroatoms. The number of nitrogens with zero attached hydrogens (tertiary/aromatic N) is 5. The van der Waals surface area contributed by atoms with Crippen LogP contribution in [0, 0.1) is 16.7 Å². The number of halogens is 3. The molecule has 0 radical (unpaired) electrons. The molecule has 2 aromatic heterocycles. The summed E-state index contributed by atoms with van der Waals surface area (Å²) in [5.41, 5.74) is -0.351. The van der Waals surface area contributed by atoms with Crippen molar-refractivity contribution in [1.29, 1.82) is 0 Å². The molecular weight excluding hydrogens is 497 g/mol. The fourth-order valence-electron chi connectivity index (χ4n) is 7.31. The van der Waals surface area contributed by atoms with Crippen molar-refractivity contribution in [3.63, 3.8) is 0 Å². The highest BCUT2D eigenvalue weighted by Gasteiger charge is 2.57. The van der Waals surface area contributed by atoms with Crippen LogP contribution in [0.25, 0.3) is 0 Å². The number of aromatic nitrogens is 4. The second-order valence-electron chi connectivity index (χ2n) is 12.9. The van der Waals surface area contributed by atoms with E-state index in [2.05, 4.69) is 20.2 Å². The van der Waals surface area contributed by atoms with Gasteiger partial charge in [-0.15, -0.1) is 10.2 Å². The minimum Gasteiger partial charge on any atom is -0.382 e. The Bertz CT molecular complexity index is 1210. The van der Waals surface area contributed by atoms with Crippen LogP contribution in [0.5, 0.6) is 0 Å². The average Bonchev–Trinajstić information content (AvgIpc) is 3.36. The molecule has 2 amide bonds. The predicted octanol–water partition coefficient (Wildman–Crippen LogP) is 4.23. The summed E-state index contributed by atoms with van der Waals surface area (Å²) in [6.07, 6.45) is 5.42. The fraction of sp³-hybridized carbons (Fsp3) is 0.704. The second-order valence-corrected chi connectivity index (χ2v) is 12.9. The van der Waals surface area contributed by atoms with E-state index in [4.69, 9.17) is 0 Å². The molecule has 2 aromatic rings. The van der Waals surface area contributed by atoms with Crippen LogP contribution >= 0.6 is 0 Å². The van der Waals surface area contributed by atoms with E-state index in [0.717, 1.165) is 101 Å². The molecule has 3 aliphatic carbocycles. The number of alkyl halides is 3. The first kappa shape index (κ1) is 24.4. The molecule has 0 unspecified atom stereocenters. The lowest BCUT2D eigenvalue weighted by Crippen LogP contribution is -2.69. The van der Waals surface area contributed by atoms with Crippen LogP contribution in [0.1, 0.15) is 80.2 Å². The van der Waals surface area contributed by atoms with E-state index in [-0.39, 0.29) is 16.9 Å². The van der Waals surface area contributed by atoms with Crippen molar-refractivity contribution < 1.29 is 23.1 Å². The van der Waals surface area contributed by atoms with E-state index < -0.39 is 17.5 Å².